The van der Waals surface area contributed by atoms with Crippen molar-refractivity contribution in [1.82, 2.24) is 0 Å². The normalized spacial score (nSPS) is 39.3. The fourth-order valence-electron chi connectivity index (χ4n) is 8.89. The number of aryl methyl sites for hydroxylation is 2. The molecule has 6 unspecified atom stereocenters. The Morgan fingerprint density at radius 2 is 1.77 bits per heavy atom. The van der Waals surface area contributed by atoms with Gasteiger partial charge in [-0.25, -0.2) is 0 Å². The van der Waals surface area contributed by atoms with Crippen molar-refractivity contribution in [3.05, 3.63) is 46.5 Å². The van der Waals surface area contributed by atoms with Crippen LogP contribution < -0.4 is 0 Å². The quantitative estimate of drug-likeness (QED) is 0.456. The van der Waals surface area contributed by atoms with E-state index in [2.05, 4.69) is 52.0 Å². The van der Waals surface area contributed by atoms with Gasteiger partial charge in [-0.15, -0.1) is 0 Å². The van der Waals surface area contributed by atoms with Crippen molar-refractivity contribution in [2.45, 2.75) is 98.3 Å². The standard InChI is InChI=1S/C30H42O/c1-20-8-7-9-21(2)23(20)13-16-28(31)27-15-14-25-24-12-11-22-10-5-6-18-29(22,3)26(24)17-19-30(25,27)4/h7-9,11,24-27H,5-6,10,12-19H2,1-4H3. The van der Waals surface area contributed by atoms with Crippen molar-refractivity contribution >= 4 is 5.78 Å². The third-order valence-corrected chi connectivity index (χ3v) is 10.7. The molecule has 0 bridgehead atoms. The summed E-state index contributed by atoms with van der Waals surface area (Å²) in [4.78, 5) is 13.5. The van der Waals surface area contributed by atoms with Crippen LogP contribution in [0.5, 0.6) is 0 Å². The molecule has 168 valence electrons. The molecule has 4 aliphatic rings. The number of benzene rings is 1. The minimum absolute atomic E-state index is 0.245. The summed E-state index contributed by atoms with van der Waals surface area (Å²) in [5.41, 5.74) is 6.59. The first-order valence-corrected chi connectivity index (χ1v) is 13.1. The lowest BCUT2D eigenvalue weighted by molar-refractivity contribution is -0.129. The third-order valence-electron chi connectivity index (χ3n) is 10.7. The fourth-order valence-corrected chi connectivity index (χ4v) is 8.89. The topological polar surface area (TPSA) is 17.1 Å². The third kappa shape index (κ3) is 3.37. The summed E-state index contributed by atoms with van der Waals surface area (Å²) in [6, 6.07) is 6.52. The van der Waals surface area contributed by atoms with Crippen LogP contribution in [0.15, 0.2) is 29.8 Å². The second-order valence-corrected chi connectivity index (χ2v) is 12.0. The van der Waals surface area contributed by atoms with Crippen LogP contribution in [0.4, 0.5) is 0 Å². The van der Waals surface area contributed by atoms with E-state index in [1.165, 1.54) is 68.1 Å². The van der Waals surface area contributed by atoms with E-state index in [9.17, 15) is 4.79 Å². The van der Waals surface area contributed by atoms with Crippen LogP contribution in [0.25, 0.3) is 0 Å². The number of ketones is 1. The monoisotopic (exact) mass is 418 g/mol. The highest BCUT2D eigenvalue weighted by molar-refractivity contribution is 5.82. The minimum atomic E-state index is 0.245. The molecule has 5 rings (SSSR count). The fraction of sp³-hybridized carbons (Fsp3) is 0.700. The highest BCUT2D eigenvalue weighted by Crippen LogP contribution is 2.66. The van der Waals surface area contributed by atoms with Gasteiger partial charge in [-0.1, -0.05) is 50.1 Å². The Bertz CT molecular complexity index is 873. The SMILES string of the molecule is Cc1cccc(C)c1CCC(=O)C1CCC2C3CC=C4CCCCC4(C)C3CCC12C. The Hall–Kier alpha value is -1.37. The summed E-state index contributed by atoms with van der Waals surface area (Å²) in [7, 11) is 0. The molecule has 0 spiro atoms. The van der Waals surface area contributed by atoms with Gasteiger partial charge in [0.15, 0.2) is 0 Å². The van der Waals surface area contributed by atoms with Crippen molar-refractivity contribution in [2.24, 2.45) is 34.5 Å². The summed E-state index contributed by atoms with van der Waals surface area (Å²) in [5, 5.41) is 0. The molecule has 6 atom stereocenters. The molecular formula is C30H42O. The van der Waals surface area contributed by atoms with Gasteiger partial charge in [0.2, 0.25) is 0 Å². The first kappa shape index (κ1) is 21.5. The summed E-state index contributed by atoms with van der Waals surface area (Å²) in [6.07, 6.45) is 16.2. The number of rotatable bonds is 4. The average Bonchev–Trinajstić information content (AvgIpc) is 3.10. The van der Waals surface area contributed by atoms with Crippen molar-refractivity contribution in [2.75, 3.05) is 0 Å². The number of allylic oxidation sites excluding steroid dienone is 2. The summed E-state index contributed by atoms with van der Waals surface area (Å²) in [5.74, 6) is 3.31. The molecule has 1 nitrogen and oxygen atoms in total. The first-order valence-electron chi connectivity index (χ1n) is 13.1. The summed E-state index contributed by atoms with van der Waals surface area (Å²) < 4.78 is 0. The number of fused-ring (bicyclic) bond motifs is 5. The van der Waals surface area contributed by atoms with Gasteiger partial charge < -0.3 is 0 Å². The van der Waals surface area contributed by atoms with Crippen molar-refractivity contribution in [3.63, 3.8) is 0 Å². The van der Waals surface area contributed by atoms with Gasteiger partial charge in [0, 0.05) is 12.3 Å². The maximum atomic E-state index is 13.5. The first-order chi connectivity index (χ1) is 14.8. The number of carbonyl (C=O) groups excluding carboxylic acids is 1. The van der Waals surface area contributed by atoms with Crippen molar-refractivity contribution in [3.8, 4) is 0 Å². The Balaban J connectivity index is 1.32. The van der Waals surface area contributed by atoms with E-state index >= 15 is 0 Å². The van der Waals surface area contributed by atoms with Gasteiger partial charge in [0.05, 0.1) is 0 Å². The van der Waals surface area contributed by atoms with Crippen LogP contribution >= 0.6 is 0 Å². The zero-order valence-corrected chi connectivity index (χ0v) is 20.3. The van der Waals surface area contributed by atoms with Crippen LogP contribution in [-0.2, 0) is 11.2 Å². The lowest BCUT2D eigenvalue weighted by Gasteiger charge is -2.57. The minimum Gasteiger partial charge on any atom is -0.299 e. The molecule has 3 saturated carbocycles. The van der Waals surface area contributed by atoms with Crippen molar-refractivity contribution < 1.29 is 4.79 Å². The molecule has 0 aliphatic heterocycles. The molecule has 3 fully saturated rings. The van der Waals surface area contributed by atoms with Crippen LogP contribution in [0, 0.1) is 48.3 Å². The Labute approximate surface area is 190 Å². The van der Waals surface area contributed by atoms with E-state index in [0.29, 0.717) is 17.1 Å². The number of Topliss-reactive ketones (excluding diaryl/α,β-unsaturated/α-hetero) is 1. The Kier molecular flexibility index (Phi) is 5.47. The van der Waals surface area contributed by atoms with Crippen LogP contribution in [0.2, 0.25) is 0 Å². The lowest BCUT2D eigenvalue weighted by Crippen LogP contribution is -2.50. The van der Waals surface area contributed by atoms with E-state index in [1.54, 1.807) is 5.57 Å². The van der Waals surface area contributed by atoms with Crippen LogP contribution in [0.3, 0.4) is 0 Å². The Morgan fingerprint density at radius 3 is 2.55 bits per heavy atom. The molecule has 0 amide bonds. The molecule has 0 radical (unpaired) electrons. The Morgan fingerprint density at radius 1 is 1.00 bits per heavy atom. The molecule has 1 aromatic rings. The lowest BCUT2D eigenvalue weighted by atomic mass is 9.47. The van der Waals surface area contributed by atoms with E-state index in [1.807, 2.05) is 0 Å². The van der Waals surface area contributed by atoms with Gasteiger partial charge in [-0.05, 0) is 117 Å². The number of hydrogen-bond donors (Lipinski definition) is 0. The molecule has 4 aliphatic carbocycles. The largest absolute Gasteiger partial charge is 0.299 e. The molecule has 0 N–H and O–H groups in total. The van der Waals surface area contributed by atoms with E-state index in [0.717, 1.165) is 37.0 Å². The van der Waals surface area contributed by atoms with Gasteiger partial charge in [-0.2, -0.15) is 0 Å². The highest BCUT2D eigenvalue weighted by Gasteiger charge is 2.59. The second-order valence-electron chi connectivity index (χ2n) is 12.0. The molecule has 0 heterocycles. The van der Waals surface area contributed by atoms with E-state index < -0.39 is 0 Å². The molecule has 0 saturated heterocycles. The van der Waals surface area contributed by atoms with Gasteiger partial charge in [0.25, 0.3) is 0 Å². The maximum Gasteiger partial charge on any atom is 0.136 e. The maximum absolute atomic E-state index is 13.5. The average molecular weight is 419 g/mol. The second kappa shape index (κ2) is 7.89. The van der Waals surface area contributed by atoms with Gasteiger partial charge >= 0.3 is 0 Å². The summed E-state index contributed by atoms with van der Waals surface area (Å²) in [6.45, 7) is 9.49. The molecular weight excluding hydrogens is 376 g/mol. The van der Waals surface area contributed by atoms with Crippen LogP contribution in [-0.4, -0.2) is 5.78 Å². The van der Waals surface area contributed by atoms with Gasteiger partial charge in [-0.3, -0.25) is 4.79 Å². The molecule has 1 heteroatoms. The number of carbonyl (C=O) groups is 1. The van der Waals surface area contributed by atoms with Gasteiger partial charge in [0.1, 0.15) is 5.78 Å². The zero-order chi connectivity index (χ0) is 21.8. The van der Waals surface area contributed by atoms with E-state index in [4.69, 9.17) is 0 Å². The van der Waals surface area contributed by atoms with E-state index in [-0.39, 0.29) is 5.41 Å². The number of hydrogen-bond acceptors (Lipinski definition) is 1. The molecule has 0 aromatic heterocycles. The predicted molar refractivity (Wildman–Crippen MR) is 129 cm³/mol. The smallest absolute Gasteiger partial charge is 0.136 e. The molecule has 1 aromatic carbocycles. The predicted octanol–water partition coefficient (Wildman–Crippen LogP) is 7.77. The van der Waals surface area contributed by atoms with Crippen LogP contribution in [0.1, 0.15) is 94.7 Å². The highest BCUT2D eigenvalue weighted by atomic mass is 16.1. The summed E-state index contributed by atoms with van der Waals surface area (Å²) >= 11 is 0. The molecule has 31 heavy (non-hydrogen) atoms. The van der Waals surface area contributed by atoms with Crippen molar-refractivity contribution in [1.29, 1.82) is 0 Å². The zero-order valence-electron chi connectivity index (χ0n) is 20.3.